The molecular weight excluding hydrogens is 228 g/mol. The van der Waals surface area contributed by atoms with Gasteiger partial charge in [0, 0.05) is 24.3 Å². The van der Waals surface area contributed by atoms with Gasteiger partial charge in [-0.1, -0.05) is 19.9 Å². The third kappa shape index (κ3) is 3.00. The van der Waals surface area contributed by atoms with Crippen LogP contribution in [0, 0.1) is 0 Å². The highest BCUT2D eigenvalue weighted by Crippen LogP contribution is 2.19. The van der Waals surface area contributed by atoms with Crippen molar-refractivity contribution in [2.24, 2.45) is 0 Å². The normalized spacial score (nSPS) is 16.0. The highest BCUT2D eigenvalue weighted by Gasteiger charge is 2.17. The number of aliphatic hydroxyl groups excluding tert-OH is 1. The summed E-state index contributed by atoms with van der Waals surface area (Å²) in [6, 6.07) is 3.89. The van der Waals surface area contributed by atoms with Gasteiger partial charge in [0.1, 0.15) is 0 Å². The average Bonchev–Trinajstić information content (AvgIpc) is 2.78. The van der Waals surface area contributed by atoms with Crippen LogP contribution in [0.5, 0.6) is 0 Å². The molecule has 2 N–H and O–H groups in total. The number of nitrogens with one attached hydrogen (secondary N) is 1. The molecule has 0 aliphatic heterocycles. The Morgan fingerprint density at radius 1 is 1.39 bits per heavy atom. The first-order valence-corrected chi connectivity index (χ1v) is 6.71. The van der Waals surface area contributed by atoms with E-state index < -0.39 is 6.10 Å². The second-order valence-corrected chi connectivity index (χ2v) is 5.32. The number of aryl methyl sites for hydroxylation is 1. The van der Waals surface area contributed by atoms with E-state index in [1.54, 1.807) is 10.6 Å². The van der Waals surface area contributed by atoms with Crippen LogP contribution in [-0.2, 0) is 19.4 Å². The van der Waals surface area contributed by atoms with Crippen LogP contribution in [-0.4, -0.2) is 28.4 Å². The van der Waals surface area contributed by atoms with E-state index in [0.29, 0.717) is 19.1 Å². The van der Waals surface area contributed by atoms with Crippen molar-refractivity contribution in [2.75, 3.05) is 6.54 Å². The molecule has 0 spiro atoms. The average molecular weight is 250 g/mol. The number of aliphatic hydroxyl groups is 1. The van der Waals surface area contributed by atoms with Crippen LogP contribution in [0.25, 0.3) is 0 Å². The van der Waals surface area contributed by atoms with Gasteiger partial charge in [0.05, 0.1) is 12.6 Å². The molecule has 0 saturated heterocycles. The predicted molar refractivity (Wildman–Crippen MR) is 71.9 cm³/mol. The Morgan fingerprint density at radius 2 is 2.17 bits per heavy atom. The molecule has 0 saturated carbocycles. The van der Waals surface area contributed by atoms with Gasteiger partial charge in [-0.3, -0.25) is 4.79 Å². The molecule has 1 aliphatic carbocycles. The van der Waals surface area contributed by atoms with Gasteiger partial charge in [0.15, 0.2) is 0 Å². The Hall–Kier alpha value is -1.13. The number of fused-ring (bicyclic) bond motifs is 1. The van der Waals surface area contributed by atoms with Gasteiger partial charge in [-0.15, -0.1) is 0 Å². The summed E-state index contributed by atoms with van der Waals surface area (Å²) >= 11 is 0. The minimum atomic E-state index is -0.516. The van der Waals surface area contributed by atoms with Crippen LogP contribution in [0.15, 0.2) is 16.9 Å². The number of rotatable bonds is 5. The molecule has 4 nitrogen and oxygen atoms in total. The maximum atomic E-state index is 11.9. The highest BCUT2D eigenvalue weighted by atomic mass is 16.3. The third-order valence-electron chi connectivity index (χ3n) is 3.40. The van der Waals surface area contributed by atoms with E-state index in [9.17, 15) is 9.90 Å². The van der Waals surface area contributed by atoms with Gasteiger partial charge in [-0.25, -0.2) is 0 Å². The van der Waals surface area contributed by atoms with Gasteiger partial charge < -0.3 is 15.0 Å². The smallest absolute Gasteiger partial charge is 0.250 e. The molecule has 1 unspecified atom stereocenters. The van der Waals surface area contributed by atoms with E-state index in [2.05, 4.69) is 5.32 Å². The van der Waals surface area contributed by atoms with Crippen molar-refractivity contribution in [3.8, 4) is 0 Å². The summed E-state index contributed by atoms with van der Waals surface area (Å²) in [5.74, 6) is 0. The second-order valence-electron chi connectivity index (χ2n) is 5.32. The first-order valence-electron chi connectivity index (χ1n) is 6.71. The molecule has 4 heteroatoms. The second kappa shape index (κ2) is 5.67. The molecule has 18 heavy (non-hydrogen) atoms. The number of nitrogens with zero attached hydrogens (tertiary/aromatic N) is 1. The van der Waals surface area contributed by atoms with E-state index in [0.717, 1.165) is 25.0 Å². The Morgan fingerprint density at radius 3 is 2.89 bits per heavy atom. The Labute approximate surface area is 108 Å². The first kappa shape index (κ1) is 13.3. The molecule has 0 bridgehead atoms. The van der Waals surface area contributed by atoms with Crippen molar-refractivity contribution in [2.45, 2.75) is 51.8 Å². The van der Waals surface area contributed by atoms with Crippen LogP contribution < -0.4 is 10.9 Å². The molecule has 0 radical (unpaired) electrons. The van der Waals surface area contributed by atoms with Crippen molar-refractivity contribution in [3.63, 3.8) is 0 Å². The van der Waals surface area contributed by atoms with E-state index in [1.165, 1.54) is 5.56 Å². The lowest BCUT2D eigenvalue weighted by atomic mass is 10.2. The van der Waals surface area contributed by atoms with Crippen molar-refractivity contribution in [3.05, 3.63) is 33.7 Å². The highest BCUT2D eigenvalue weighted by molar-refractivity contribution is 5.25. The fraction of sp³-hybridized carbons (Fsp3) is 0.643. The van der Waals surface area contributed by atoms with Gasteiger partial charge in [-0.2, -0.15) is 0 Å². The lowest BCUT2D eigenvalue weighted by molar-refractivity contribution is 0.146. The van der Waals surface area contributed by atoms with Crippen LogP contribution in [0.4, 0.5) is 0 Å². The van der Waals surface area contributed by atoms with Gasteiger partial charge in [0.25, 0.3) is 5.56 Å². The maximum absolute atomic E-state index is 11.9. The lowest BCUT2D eigenvalue weighted by Crippen LogP contribution is -2.37. The summed E-state index contributed by atoms with van der Waals surface area (Å²) in [5, 5.41) is 13.2. The third-order valence-corrected chi connectivity index (χ3v) is 3.40. The monoisotopic (exact) mass is 250 g/mol. The Balaban J connectivity index is 2.09. The van der Waals surface area contributed by atoms with E-state index >= 15 is 0 Å². The molecule has 1 aromatic rings. The molecule has 100 valence electrons. The van der Waals surface area contributed by atoms with E-state index in [4.69, 9.17) is 0 Å². The molecule has 0 fully saturated rings. The molecule has 1 aromatic heterocycles. The minimum absolute atomic E-state index is 0.000697. The van der Waals surface area contributed by atoms with Gasteiger partial charge in [-0.05, 0) is 24.8 Å². The molecule has 1 heterocycles. The molecule has 2 rings (SSSR count). The van der Waals surface area contributed by atoms with Crippen LogP contribution in [0.3, 0.4) is 0 Å². The molecule has 0 aromatic carbocycles. The van der Waals surface area contributed by atoms with Crippen LogP contribution >= 0.6 is 0 Å². The summed E-state index contributed by atoms with van der Waals surface area (Å²) in [6.45, 7) is 4.99. The van der Waals surface area contributed by atoms with E-state index in [1.807, 2.05) is 19.9 Å². The summed E-state index contributed by atoms with van der Waals surface area (Å²) in [7, 11) is 0. The topological polar surface area (TPSA) is 54.3 Å². The zero-order valence-corrected chi connectivity index (χ0v) is 11.1. The standard InChI is InChI=1S/C14H22N2O2/c1-10(2)15-8-12(17)9-16-13-5-3-4-11(13)6-7-14(16)18/h6-7,10,12,15,17H,3-5,8-9H2,1-2H3. The molecular formula is C14H22N2O2. The van der Waals surface area contributed by atoms with Crippen molar-refractivity contribution >= 4 is 0 Å². The largest absolute Gasteiger partial charge is 0.390 e. The van der Waals surface area contributed by atoms with Crippen molar-refractivity contribution in [1.82, 2.24) is 9.88 Å². The summed E-state index contributed by atoms with van der Waals surface area (Å²) < 4.78 is 1.75. The van der Waals surface area contributed by atoms with Gasteiger partial charge >= 0.3 is 0 Å². The van der Waals surface area contributed by atoms with Crippen LogP contribution in [0.1, 0.15) is 31.5 Å². The minimum Gasteiger partial charge on any atom is -0.390 e. The fourth-order valence-electron chi connectivity index (χ4n) is 2.48. The zero-order valence-electron chi connectivity index (χ0n) is 11.1. The number of pyridine rings is 1. The lowest BCUT2D eigenvalue weighted by Gasteiger charge is -2.18. The summed E-state index contributed by atoms with van der Waals surface area (Å²) in [6.07, 6.45) is 2.60. The van der Waals surface area contributed by atoms with Crippen molar-refractivity contribution < 1.29 is 5.11 Å². The summed E-state index contributed by atoms with van der Waals surface area (Å²) in [4.78, 5) is 11.9. The summed E-state index contributed by atoms with van der Waals surface area (Å²) in [5.41, 5.74) is 2.38. The zero-order chi connectivity index (χ0) is 13.1. The number of hydrogen-bond acceptors (Lipinski definition) is 3. The van der Waals surface area contributed by atoms with Crippen LogP contribution in [0.2, 0.25) is 0 Å². The molecule has 1 aliphatic rings. The van der Waals surface area contributed by atoms with Crippen molar-refractivity contribution in [1.29, 1.82) is 0 Å². The molecule has 0 amide bonds. The quantitative estimate of drug-likeness (QED) is 0.808. The number of hydrogen-bond donors (Lipinski definition) is 2. The number of aromatic nitrogens is 1. The molecule has 1 atom stereocenters. The Kier molecular flexibility index (Phi) is 4.19. The fourth-order valence-corrected chi connectivity index (χ4v) is 2.48. The predicted octanol–water partition coefficient (Wildman–Crippen LogP) is 0.696. The maximum Gasteiger partial charge on any atom is 0.250 e. The first-order chi connectivity index (χ1) is 8.58. The Bertz CT molecular complexity index is 465. The van der Waals surface area contributed by atoms with Gasteiger partial charge in [0.2, 0.25) is 0 Å². The van der Waals surface area contributed by atoms with E-state index in [-0.39, 0.29) is 5.56 Å². The SMILES string of the molecule is CC(C)NCC(O)Cn1c2c(ccc1=O)CCC2.